The number of hydrogen-bond acceptors (Lipinski definition) is 6. The first-order valence-corrected chi connectivity index (χ1v) is 10.9. The topological polar surface area (TPSA) is 65.8 Å². The maximum absolute atomic E-state index is 11.9. The number of carbonyl (C=O) groups is 1. The average molecular weight is 472 g/mol. The molecule has 0 bridgehead atoms. The number of ether oxygens (including phenoxy) is 2. The van der Waals surface area contributed by atoms with Gasteiger partial charge in [-0.15, -0.1) is 5.10 Å². The van der Waals surface area contributed by atoms with E-state index >= 15 is 0 Å². The highest BCUT2D eigenvalue weighted by molar-refractivity contribution is 7.07. The van der Waals surface area contributed by atoms with Crippen LogP contribution in [0.25, 0.3) is 5.69 Å². The van der Waals surface area contributed by atoms with Gasteiger partial charge in [-0.1, -0.05) is 41.9 Å². The molecule has 0 N–H and O–H groups in total. The molecule has 9 heteroatoms. The lowest BCUT2D eigenvalue weighted by Gasteiger charge is -2.20. The zero-order valence-electron chi connectivity index (χ0n) is 17.6. The van der Waals surface area contributed by atoms with Crippen molar-refractivity contribution in [3.8, 4) is 11.6 Å². The van der Waals surface area contributed by atoms with Gasteiger partial charge in [0.2, 0.25) is 5.88 Å². The quantitative estimate of drug-likeness (QED) is 0.323. The number of benzene rings is 2. The number of hydroxylamine groups is 1. The lowest BCUT2D eigenvalue weighted by molar-refractivity contribution is 0.115. The number of halogens is 1. The Morgan fingerprint density at radius 1 is 1.03 bits per heavy atom. The second-order valence-electron chi connectivity index (χ2n) is 6.23. The number of amides is 1. The van der Waals surface area contributed by atoms with Crippen molar-refractivity contribution >= 4 is 34.7 Å². The number of para-hydroxylation sites is 1. The Morgan fingerprint density at radius 3 is 2.38 bits per heavy atom. The fourth-order valence-corrected chi connectivity index (χ4v) is 3.27. The number of rotatable bonds is 6. The lowest BCUT2D eigenvalue weighted by atomic mass is 10.2. The molecule has 0 aliphatic carbocycles. The molecule has 0 aliphatic rings. The number of aromatic nitrogens is 2. The first kappa shape index (κ1) is 23.3. The van der Waals surface area contributed by atoms with E-state index in [1.807, 2.05) is 47.2 Å². The van der Waals surface area contributed by atoms with E-state index in [-0.39, 0.29) is 6.61 Å². The molecule has 0 unspecified atom stereocenters. The highest BCUT2D eigenvalue weighted by Crippen LogP contribution is 2.23. The van der Waals surface area contributed by atoms with Crippen molar-refractivity contribution in [2.75, 3.05) is 19.3 Å². The molecule has 32 heavy (non-hydrogen) atoms. The zero-order valence-corrected chi connectivity index (χ0v) is 19.1. The molecule has 0 saturated carbocycles. The minimum Gasteiger partial charge on any atom is -0.472 e. The van der Waals surface area contributed by atoms with Crippen LogP contribution in [0, 0.1) is 0 Å². The van der Waals surface area contributed by atoms with Gasteiger partial charge in [-0.05, 0) is 41.1 Å². The standard InChI is InChI=1S/C19H18ClN3O4.C4H4S/c1-25-19(24)23(26-2)17-6-4-3-5-14(17)13-27-18-11-12-22(21-18)16-9-7-15(20)8-10-16;1-2-4-5-3-1/h3-12H,13H2,1-2H3;1-4H. The predicted octanol–water partition coefficient (Wildman–Crippen LogP) is 5.99. The molecule has 0 saturated heterocycles. The van der Waals surface area contributed by atoms with Crippen molar-refractivity contribution in [2.24, 2.45) is 0 Å². The molecule has 7 nitrogen and oxygen atoms in total. The third kappa shape index (κ3) is 6.34. The monoisotopic (exact) mass is 471 g/mol. The number of carbonyl (C=O) groups excluding carboxylic acids is 1. The Hall–Kier alpha value is -3.33. The summed E-state index contributed by atoms with van der Waals surface area (Å²) < 4.78 is 12.2. The van der Waals surface area contributed by atoms with Gasteiger partial charge in [-0.2, -0.15) is 16.4 Å². The van der Waals surface area contributed by atoms with E-state index in [0.717, 1.165) is 16.3 Å². The molecule has 0 aliphatic heterocycles. The van der Waals surface area contributed by atoms with Gasteiger partial charge in [-0.3, -0.25) is 4.84 Å². The first-order valence-electron chi connectivity index (χ1n) is 9.54. The molecule has 1 amide bonds. The Balaban J connectivity index is 0.000000509. The van der Waals surface area contributed by atoms with E-state index in [2.05, 4.69) is 5.10 Å². The van der Waals surface area contributed by atoms with E-state index in [4.69, 9.17) is 25.9 Å². The molecule has 2 aromatic carbocycles. The van der Waals surface area contributed by atoms with E-state index < -0.39 is 6.09 Å². The van der Waals surface area contributed by atoms with Crippen molar-refractivity contribution in [1.82, 2.24) is 9.78 Å². The number of hydrogen-bond donors (Lipinski definition) is 0. The maximum Gasteiger partial charge on any atom is 0.438 e. The molecule has 4 aromatic rings. The summed E-state index contributed by atoms with van der Waals surface area (Å²) in [5.74, 6) is 0.446. The second kappa shape index (κ2) is 11.9. The molecule has 4 rings (SSSR count). The molecule has 166 valence electrons. The van der Waals surface area contributed by atoms with Gasteiger partial charge in [0.05, 0.1) is 25.6 Å². The predicted molar refractivity (Wildman–Crippen MR) is 126 cm³/mol. The van der Waals surface area contributed by atoms with Crippen LogP contribution in [-0.4, -0.2) is 30.1 Å². The van der Waals surface area contributed by atoms with E-state index in [1.165, 1.54) is 14.2 Å². The molecular formula is C23H22ClN3O4S. The van der Waals surface area contributed by atoms with Crippen LogP contribution in [0.5, 0.6) is 5.88 Å². The maximum atomic E-state index is 11.9. The van der Waals surface area contributed by atoms with Gasteiger partial charge in [-0.25, -0.2) is 9.48 Å². The van der Waals surface area contributed by atoms with Crippen LogP contribution in [0.15, 0.2) is 83.7 Å². The number of anilines is 1. The average Bonchev–Trinajstić information content (AvgIpc) is 3.55. The van der Waals surface area contributed by atoms with Gasteiger partial charge in [0.15, 0.2) is 0 Å². The van der Waals surface area contributed by atoms with Crippen LogP contribution in [0.2, 0.25) is 5.02 Å². The van der Waals surface area contributed by atoms with Crippen molar-refractivity contribution < 1.29 is 19.1 Å². The van der Waals surface area contributed by atoms with E-state index in [0.29, 0.717) is 16.6 Å². The summed E-state index contributed by atoms with van der Waals surface area (Å²) in [4.78, 5) is 17.0. The Labute approximate surface area is 195 Å². The Morgan fingerprint density at radius 2 is 1.75 bits per heavy atom. The van der Waals surface area contributed by atoms with Gasteiger partial charge in [0.1, 0.15) is 6.61 Å². The summed E-state index contributed by atoms with van der Waals surface area (Å²) in [6.07, 6.45) is 1.16. The second-order valence-corrected chi connectivity index (χ2v) is 7.49. The fourth-order valence-electron chi connectivity index (χ4n) is 2.69. The summed E-state index contributed by atoms with van der Waals surface area (Å²) in [6.45, 7) is 0.199. The van der Waals surface area contributed by atoms with Gasteiger partial charge in [0.25, 0.3) is 0 Å². The molecule has 0 atom stereocenters. The first-order chi connectivity index (χ1) is 15.6. The molecule has 2 heterocycles. The van der Waals surface area contributed by atoms with E-state index in [1.54, 1.807) is 52.5 Å². The van der Waals surface area contributed by atoms with Gasteiger partial charge in [0, 0.05) is 22.8 Å². The van der Waals surface area contributed by atoms with Crippen LogP contribution in [0.3, 0.4) is 0 Å². The van der Waals surface area contributed by atoms with Crippen LogP contribution in [0.1, 0.15) is 5.56 Å². The summed E-state index contributed by atoms with van der Waals surface area (Å²) in [5.41, 5.74) is 2.14. The Bertz CT molecular complexity index is 1080. The third-order valence-electron chi connectivity index (χ3n) is 4.19. The molecular weight excluding hydrogens is 450 g/mol. The Kier molecular flexibility index (Phi) is 8.68. The lowest BCUT2D eigenvalue weighted by Crippen LogP contribution is -2.30. The largest absolute Gasteiger partial charge is 0.472 e. The third-order valence-corrected chi connectivity index (χ3v) is 5.07. The van der Waals surface area contributed by atoms with Gasteiger partial charge < -0.3 is 9.47 Å². The van der Waals surface area contributed by atoms with Gasteiger partial charge >= 0.3 is 6.09 Å². The molecule has 0 radical (unpaired) electrons. The van der Waals surface area contributed by atoms with Crippen molar-refractivity contribution in [3.63, 3.8) is 0 Å². The fraction of sp³-hybridized carbons (Fsp3) is 0.130. The highest BCUT2D eigenvalue weighted by atomic mass is 35.5. The normalized spacial score (nSPS) is 10.1. The molecule has 2 aromatic heterocycles. The minimum atomic E-state index is -0.628. The van der Waals surface area contributed by atoms with Crippen LogP contribution in [-0.2, 0) is 16.2 Å². The number of nitrogens with zero attached hydrogens (tertiary/aromatic N) is 3. The SMILES string of the molecule is COC(=O)N(OC)c1ccccc1COc1ccn(-c2ccc(Cl)cc2)n1.c1ccsc1. The zero-order chi connectivity index (χ0) is 22.8. The molecule has 0 fully saturated rings. The number of methoxy groups -OCH3 is 1. The molecule has 0 spiro atoms. The minimum absolute atomic E-state index is 0.199. The highest BCUT2D eigenvalue weighted by Gasteiger charge is 2.19. The van der Waals surface area contributed by atoms with Crippen molar-refractivity contribution in [2.45, 2.75) is 6.61 Å². The smallest absolute Gasteiger partial charge is 0.438 e. The van der Waals surface area contributed by atoms with E-state index in [9.17, 15) is 4.79 Å². The number of thiophene rings is 1. The van der Waals surface area contributed by atoms with Crippen LogP contribution in [0.4, 0.5) is 10.5 Å². The van der Waals surface area contributed by atoms with Crippen LogP contribution < -0.4 is 9.80 Å². The summed E-state index contributed by atoms with van der Waals surface area (Å²) in [7, 11) is 2.68. The summed E-state index contributed by atoms with van der Waals surface area (Å²) in [5, 5.41) is 10.2. The summed E-state index contributed by atoms with van der Waals surface area (Å²) >= 11 is 7.62. The summed E-state index contributed by atoms with van der Waals surface area (Å²) in [6, 6.07) is 20.3. The van der Waals surface area contributed by atoms with Crippen molar-refractivity contribution in [1.29, 1.82) is 0 Å². The van der Waals surface area contributed by atoms with Crippen LogP contribution >= 0.6 is 22.9 Å². The van der Waals surface area contributed by atoms with Crippen molar-refractivity contribution in [3.05, 3.63) is 94.3 Å².